The van der Waals surface area contributed by atoms with Crippen molar-refractivity contribution in [3.63, 3.8) is 0 Å². The number of carbonyl (C=O) groups is 1. The molecule has 0 unspecified atom stereocenters. The molecule has 0 aliphatic carbocycles. The van der Waals surface area contributed by atoms with Gasteiger partial charge in [0.25, 0.3) is 0 Å². The van der Waals surface area contributed by atoms with Crippen molar-refractivity contribution in [2.75, 3.05) is 11.1 Å². The van der Waals surface area contributed by atoms with Gasteiger partial charge in [-0.05, 0) is 30.3 Å². The number of thiazole rings is 2. The van der Waals surface area contributed by atoms with E-state index < -0.39 is 0 Å². The zero-order valence-corrected chi connectivity index (χ0v) is 15.9. The molecule has 0 spiro atoms. The monoisotopic (exact) mass is 399 g/mol. The number of amides is 1. The van der Waals surface area contributed by atoms with E-state index in [9.17, 15) is 4.79 Å². The molecule has 0 aliphatic heterocycles. The normalized spacial score (nSPS) is 11.8. The Morgan fingerprint density at radius 1 is 1.27 bits per heavy atom. The summed E-state index contributed by atoms with van der Waals surface area (Å²) in [6.45, 7) is 0. The minimum absolute atomic E-state index is 0.101. The topological polar surface area (TPSA) is 68.0 Å². The van der Waals surface area contributed by atoms with E-state index in [2.05, 4.69) is 10.3 Å². The van der Waals surface area contributed by atoms with Gasteiger partial charge in [-0.15, -0.1) is 34.4 Å². The van der Waals surface area contributed by atoms with Crippen LogP contribution in [0.5, 0.6) is 0 Å². The van der Waals surface area contributed by atoms with E-state index in [1.807, 2.05) is 47.9 Å². The van der Waals surface area contributed by atoms with Crippen molar-refractivity contribution in [3.8, 4) is 0 Å². The molecule has 0 fully saturated rings. The molecule has 0 atom stereocenters. The van der Waals surface area contributed by atoms with Crippen LogP contribution in [0.4, 0.5) is 5.13 Å². The maximum atomic E-state index is 12.2. The summed E-state index contributed by atoms with van der Waals surface area (Å²) < 4.78 is 6.54. The SMILES string of the molecule is O=C(CS/C(=C/c1ccco1)c1nc2ccccc2s1)Nc1nccs1. The Morgan fingerprint density at radius 2 is 2.19 bits per heavy atom. The quantitative estimate of drug-likeness (QED) is 0.482. The molecule has 26 heavy (non-hydrogen) atoms. The van der Waals surface area contributed by atoms with E-state index in [-0.39, 0.29) is 11.7 Å². The van der Waals surface area contributed by atoms with Gasteiger partial charge in [0.15, 0.2) is 5.13 Å². The standard InChI is InChI=1S/C18H13N3O2S3/c22-16(21-18-19-7-9-24-18)11-25-15(10-12-4-3-8-23-12)17-20-13-5-1-2-6-14(13)26-17/h1-10H,11H2,(H,19,21,22)/b15-10+. The van der Waals surface area contributed by atoms with Gasteiger partial charge in [0.2, 0.25) is 5.91 Å². The molecule has 0 bridgehead atoms. The molecule has 4 aromatic rings. The van der Waals surface area contributed by atoms with Crippen LogP contribution in [0.1, 0.15) is 10.8 Å². The largest absolute Gasteiger partial charge is 0.465 e. The van der Waals surface area contributed by atoms with Gasteiger partial charge in [-0.3, -0.25) is 4.79 Å². The van der Waals surface area contributed by atoms with Crippen molar-refractivity contribution < 1.29 is 9.21 Å². The van der Waals surface area contributed by atoms with Gasteiger partial charge < -0.3 is 9.73 Å². The fraction of sp³-hybridized carbons (Fsp3) is 0.0556. The summed E-state index contributed by atoms with van der Waals surface area (Å²) in [6.07, 6.45) is 5.21. The smallest absolute Gasteiger partial charge is 0.236 e. The first-order valence-corrected chi connectivity index (χ1v) is 10.4. The molecule has 130 valence electrons. The predicted molar refractivity (Wildman–Crippen MR) is 109 cm³/mol. The average Bonchev–Trinajstić information content (AvgIpc) is 3.39. The highest BCUT2D eigenvalue weighted by Crippen LogP contribution is 2.35. The molecule has 3 aromatic heterocycles. The molecule has 8 heteroatoms. The van der Waals surface area contributed by atoms with Crippen LogP contribution in [0.15, 0.2) is 58.7 Å². The number of nitrogens with zero attached hydrogens (tertiary/aromatic N) is 2. The Balaban J connectivity index is 1.56. The van der Waals surface area contributed by atoms with Gasteiger partial charge in [0.1, 0.15) is 10.8 Å². The molecule has 1 aromatic carbocycles. The third-order valence-corrected chi connectivity index (χ3v) is 6.27. The Bertz CT molecular complexity index is 1000. The molecular weight excluding hydrogens is 386 g/mol. The van der Waals surface area contributed by atoms with Crippen LogP contribution in [0, 0.1) is 0 Å². The predicted octanol–water partition coefficient (Wildman–Crippen LogP) is 5.22. The number of carbonyl (C=O) groups excluding carboxylic acids is 1. The number of benzene rings is 1. The van der Waals surface area contributed by atoms with Gasteiger partial charge in [0.05, 0.1) is 22.2 Å². The summed E-state index contributed by atoms with van der Waals surface area (Å²) in [6, 6.07) is 11.7. The van der Waals surface area contributed by atoms with Crippen LogP contribution in [-0.4, -0.2) is 21.6 Å². The van der Waals surface area contributed by atoms with Crippen molar-refractivity contribution in [2.45, 2.75) is 0 Å². The van der Waals surface area contributed by atoms with Crippen LogP contribution >= 0.6 is 34.4 Å². The number of anilines is 1. The number of hydrogen-bond donors (Lipinski definition) is 1. The molecular formula is C18H13N3O2S3. The molecule has 0 saturated heterocycles. The molecule has 3 heterocycles. The number of furan rings is 1. The molecule has 0 aliphatic rings. The summed E-state index contributed by atoms with van der Waals surface area (Å²) in [5.74, 6) is 0.894. The maximum absolute atomic E-state index is 12.2. The van der Waals surface area contributed by atoms with E-state index in [0.717, 1.165) is 25.9 Å². The van der Waals surface area contributed by atoms with Gasteiger partial charge in [0, 0.05) is 16.5 Å². The second-order valence-corrected chi connectivity index (χ2v) is 8.13. The second-order valence-electron chi connectivity index (χ2n) is 5.18. The van der Waals surface area contributed by atoms with Crippen LogP contribution in [0.3, 0.4) is 0 Å². The highest BCUT2D eigenvalue weighted by Gasteiger charge is 2.13. The molecule has 0 saturated carbocycles. The van der Waals surface area contributed by atoms with Gasteiger partial charge in [-0.25, -0.2) is 9.97 Å². The lowest BCUT2D eigenvalue weighted by atomic mass is 10.3. The van der Waals surface area contributed by atoms with Crippen LogP contribution in [0.25, 0.3) is 21.2 Å². The third-order valence-electron chi connectivity index (χ3n) is 3.36. The number of rotatable bonds is 6. The highest BCUT2D eigenvalue weighted by atomic mass is 32.2. The first-order valence-electron chi connectivity index (χ1n) is 7.71. The molecule has 5 nitrogen and oxygen atoms in total. The number of nitrogens with one attached hydrogen (secondary N) is 1. The Kier molecular flexibility index (Phi) is 5.14. The molecule has 1 amide bonds. The second kappa shape index (κ2) is 7.86. The lowest BCUT2D eigenvalue weighted by Crippen LogP contribution is -2.13. The van der Waals surface area contributed by atoms with Crippen molar-refractivity contribution in [1.82, 2.24) is 9.97 Å². The van der Waals surface area contributed by atoms with Crippen LogP contribution in [-0.2, 0) is 4.79 Å². The number of hydrogen-bond acceptors (Lipinski definition) is 7. The van der Waals surface area contributed by atoms with E-state index in [0.29, 0.717) is 5.13 Å². The van der Waals surface area contributed by atoms with Gasteiger partial charge in [-0.1, -0.05) is 12.1 Å². The Morgan fingerprint density at radius 3 is 2.96 bits per heavy atom. The average molecular weight is 400 g/mol. The first kappa shape index (κ1) is 17.0. The summed E-state index contributed by atoms with van der Waals surface area (Å²) in [5.41, 5.74) is 0.950. The van der Waals surface area contributed by atoms with Crippen LogP contribution in [0.2, 0.25) is 0 Å². The molecule has 0 radical (unpaired) electrons. The van der Waals surface area contributed by atoms with Gasteiger partial charge >= 0.3 is 0 Å². The molecule has 4 rings (SSSR count). The number of thioether (sulfide) groups is 1. The molecule has 1 N–H and O–H groups in total. The van der Waals surface area contributed by atoms with E-state index in [1.54, 1.807) is 23.8 Å². The zero-order chi connectivity index (χ0) is 17.8. The van der Waals surface area contributed by atoms with Crippen molar-refractivity contribution in [3.05, 3.63) is 65.0 Å². The van der Waals surface area contributed by atoms with Crippen molar-refractivity contribution in [1.29, 1.82) is 0 Å². The number of para-hydroxylation sites is 1. The van der Waals surface area contributed by atoms with Gasteiger partial charge in [-0.2, -0.15) is 0 Å². The minimum atomic E-state index is -0.101. The highest BCUT2D eigenvalue weighted by molar-refractivity contribution is 8.09. The first-order chi connectivity index (χ1) is 12.8. The minimum Gasteiger partial charge on any atom is -0.465 e. The Hall–Kier alpha value is -2.42. The lowest BCUT2D eigenvalue weighted by molar-refractivity contribution is -0.113. The maximum Gasteiger partial charge on any atom is 0.236 e. The third kappa shape index (κ3) is 4.04. The van der Waals surface area contributed by atoms with Crippen LogP contribution < -0.4 is 5.32 Å². The van der Waals surface area contributed by atoms with E-state index in [4.69, 9.17) is 9.40 Å². The summed E-state index contributed by atoms with van der Waals surface area (Å²) in [7, 11) is 0. The summed E-state index contributed by atoms with van der Waals surface area (Å²) >= 11 is 4.43. The van der Waals surface area contributed by atoms with E-state index >= 15 is 0 Å². The lowest BCUT2D eigenvalue weighted by Gasteiger charge is -2.04. The fourth-order valence-electron chi connectivity index (χ4n) is 2.23. The Labute approximate surface area is 161 Å². The summed E-state index contributed by atoms with van der Waals surface area (Å²) in [5, 5.41) is 6.09. The fourth-order valence-corrected chi connectivity index (χ4v) is 4.68. The number of fused-ring (bicyclic) bond motifs is 1. The zero-order valence-electron chi connectivity index (χ0n) is 13.4. The van der Waals surface area contributed by atoms with E-state index in [1.165, 1.54) is 23.1 Å². The van der Waals surface area contributed by atoms with Crippen molar-refractivity contribution in [2.24, 2.45) is 0 Å². The number of aromatic nitrogens is 2. The summed E-state index contributed by atoms with van der Waals surface area (Å²) in [4.78, 5) is 21.8. The van der Waals surface area contributed by atoms with Crippen molar-refractivity contribution >= 4 is 66.7 Å².